The van der Waals surface area contributed by atoms with Crippen LogP contribution in [0.15, 0.2) is 54.6 Å². The summed E-state index contributed by atoms with van der Waals surface area (Å²) in [6.45, 7) is -0.610. The summed E-state index contributed by atoms with van der Waals surface area (Å²) in [5.41, 5.74) is 2.62. The number of ketones is 1. The van der Waals surface area contributed by atoms with Gasteiger partial charge in [0.05, 0.1) is 0 Å². The SMILES string of the molecule is O=C(CNC(=O)OCc1ccccc1)OCC(=O)c1ccc(C2CCCCC2)cc1. The summed E-state index contributed by atoms with van der Waals surface area (Å²) in [6.07, 6.45) is 5.50. The normalized spacial score (nSPS) is 14.0. The van der Waals surface area contributed by atoms with Crippen LogP contribution in [0.5, 0.6) is 0 Å². The minimum atomic E-state index is -0.722. The minimum absolute atomic E-state index is 0.108. The molecule has 0 aliphatic heterocycles. The smallest absolute Gasteiger partial charge is 0.407 e. The standard InChI is InChI=1S/C24H27NO5/c26-22(21-13-11-20(12-14-21)19-9-5-2-6-10-19)17-29-23(27)15-25-24(28)30-16-18-7-3-1-4-8-18/h1,3-4,7-8,11-14,19H,2,5-6,9-10,15-17H2,(H,25,28). The Morgan fingerprint density at radius 2 is 1.57 bits per heavy atom. The van der Waals surface area contributed by atoms with Gasteiger partial charge in [0.2, 0.25) is 0 Å². The molecule has 0 spiro atoms. The number of alkyl carbamates (subject to hydrolysis) is 1. The van der Waals surface area contributed by atoms with Gasteiger partial charge in [0.25, 0.3) is 0 Å². The molecule has 0 saturated heterocycles. The van der Waals surface area contributed by atoms with Crippen molar-refractivity contribution in [2.45, 2.75) is 44.6 Å². The van der Waals surface area contributed by atoms with Gasteiger partial charge in [0.1, 0.15) is 13.2 Å². The molecule has 2 aromatic carbocycles. The average molecular weight is 409 g/mol. The molecule has 0 heterocycles. The highest BCUT2D eigenvalue weighted by Crippen LogP contribution is 2.32. The second-order valence-corrected chi connectivity index (χ2v) is 7.46. The Labute approximate surface area is 176 Å². The molecule has 1 aliphatic carbocycles. The third-order valence-electron chi connectivity index (χ3n) is 5.26. The molecule has 6 heteroatoms. The van der Waals surface area contributed by atoms with E-state index in [1.807, 2.05) is 42.5 Å². The second-order valence-electron chi connectivity index (χ2n) is 7.46. The number of nitrogens with one attached hydrogen (secondary N) is 1. The molecule has 3 rings (SSSR count). The Morgan fingerprint density at radius 1 is 0.867 bits per heavy atom. The van der Waals surface area contributed by atoms with Crippen molar-refractivity contribution in [3.63, 3.8) is 0 Å². The lowest BCUT2D eigenvalue weighted by atomic mass is 9.84. The fourth-order valence-corrected chi connectivity index (χ4v) is 3.58. The molecule has 30 heavy (non-hydrogen) atoms. The third kappa shape index (κ3) is 6.72. The van der Waals surface area contributed by atoms with Crippen molar-refractivity contribution < 1.29 is 23.9 Å². The average Bonchev–Trinajstić information content (AvgIpc) is 2.81. The van der Waals surface area contributed by atoms with Crippen molar-refractivity contribution in [3.8, 4) is 0 Å². The van der Waals surface area contributed by atoms with Gasteiger partial charge in [0.15, 0.2) is 12.4 Å². The van der Waals surface area contributed by atoms with Crippen LogP contribution in [0.1, 0.15) is 59.5 Å². The topological polar surface area (TPSA) is 81.7 Å². The van der Waals surface area contributed by atoms with E-state index in [-0.39, 0.29) is 25.5 Å². The molecule has 0 radical (unpaired) electrons. The fourth-order valence-electron chi connectivity index (χ4n) is 3.58. The number of carbonyl (C=O) groups is 3. The van der Waals surface area contributed by atoms with Crippen molar-refractivity contribution in [2.75, 3.05) is 13.2 Å². The minimum Gasteiger partial charge on any atom is -0.456 e. The summed E-state index contributed by atoms with van der Waals surface area (Å²) in [7, 11) is 0. The predicted molar refractivity (Wildman–Crippen MR) is 112 cm³/mol. The third-order valence-corrected chi connectivity index (χ3v) is 5.26. The van der Waals surface area contributed by atoms with E-state index in [0.29, 0.717) is 11.5 Å². The van der Waals surface area contributed by atoms with Gasteiger partial charge in [-0.05, 0) is 29.9 Å². The van der Waals surface area contributed by atoms with Crippen molar-refractivity contribution in [3.05, 3.63) is 71.3 Å². The molecule has 1 N–H and O–H groups in total. The van der Waals surface area contributed by atoms with Crippen molar-refractivity contribution >= 4 is 17.8 Å². The molecule has 1 amide bonds. The van der Waals surface area contributed by atoms with Gasteiger partial charge in [0, 0.05) is 5.56 Å². The highest BCUT2D eigenvalue weighted by Gasteiger charge is 2.16. The zero-order chi connectivity index (χ0) is 21.2. The number of rotatable bonds is 8. The first-order chi connectivity index (χ1) is 14.6. The van der Waals surface area contributed by atoms with Gasteiger partial charge in [-0.3, -0.25) is 9.59 Å². The zero-order valence-corrected chi connectivity index (χ0v) is 17.0. The van der Waals surface area contributed by atoms with Crippen LogP contribution in [0.2, 0.25) is 0 Å². The van der Waals surface area contributed by atoms with Crippen LogP contribution in [0, 0.1) is 0 Å². The van der Waals surface area contributed by atoms with E-state index in [2.05, 4.69) is 5.32 Å². The van der Waals surface area contributed by atoms with Gasteiger partial charge in [-0.25, -0.2) is 4.79 Å². The maximum absolute atomic E-state index is 12.2. The van der Waals surface area contributed by atoms with E-state index in [4.69, 9.17) is 9.47 Å². The molecular formula is C24H27NO5. The molecule has 1 saturated carbocycles. The largest absolute Gasteiger partial charge is 0.456 e. The number of carbonyl (C=O) groups excluding carboxylic acids is 3. The summed E-state index contributed by atoms with van der Waals surface area (Å²) >= 11 is 0. The summed E-state index contributed by atoms with van der Waals surface area (Å²) in [5, 5.41) is 2.31. The quantitative estimate of drug-likeness (QED) is 0.517. The van der Waals surface area contributed by atoms with E-state index in [9.17, 15) is 14.4 Å². The van der Waals surface area contributed by atoms with Gasteiger partial charge < -0.3 is 14.8 Å². The van der Waals surface area contributed by atoms with Gasteiger partial charge in [-0.15, -0.1) is 0 Å². The first-order valence-electron chi connectivity index (χ1n) is 10.3. The lowest BCUT2D eigenvalue weighted by Gasteiger charge is -2.22. The molecular weight excluding hydrogens is 382 g/mol. The Kier molecular flexibility index (Phi) is 8.01. The number of hydrogen-bond acceptors (Lipinski definition) is 5. The van der Waals surface area contributed by atoms with Crippen LogP contribution in [0.3, 0.4) is 0 Å². The van der Waals surface area contributed by atoms with Crippen molar-refractivity contribution in [2.24, 2.45) is 0 Å². The molecule has 0 unspecified atom stereocenters. The fraction of sp³-hybridized carbons (Fsp3) is 0.375. The molecule has 6 nitrogen and oxygen atoms in total. The monoisotopic (exact) mass is 409 g/mol. The molecule has 1 aliphatic rings. The molecule has 0 atom stereocenters. The van der Waals surface area contributed by atoms with E-state index in [1.54, 1.807) is 12.1 Å². The molecule has 0 bridgehead atoms. The van der Waals surface area contributed by atoms with Gasteiger partial charge in [-0.1, -0.05) is 73.9 Å². The Hall–Kier alpha value is -3.15. The highest BCUT2D eigenvalue weighted by atomic mass is 16.6. The number of hydrogen-bond donors (Lipinski definition) is 1. The molecule has 158 valence electrons. The lowest BCUT2D eigenvalue weighted by Crippen LogP contribution is -2.31. The number of Topliss-reactive ketones (excluding diaryl/α,β-unsaturated/α-hetero) is 1. The summed E-state index contributed by atoms with van der Waals surface area (Å²) in [5.74, 6) is -0.391. The van der Waals surface area contributed by atoms with Crippen LogP contribution in [-0.4, -0.2) is 31.0 Å². The first kappa shape index (κ1) is 21.6. The van der Waals surface area contributed by atoms with Crippen LogP contribution < -0.4 is 5.32 Å². The Morgan fingerprint density at radius 3 is 2.27 bits per heavy atom. The molecule has 0 aromatic heterocycles. The van der Waals surface area contributed by atoms with Crippen LogP contribution in [0.4, 0.5) is 4.79 Å². The Balaban J connectivity index is 1.35. The van der Waals surface area contributed by atoms with Crippen molar-refractivity contribution in [1.82, 2.24) is 5.32 Å². The van der Waals surface area contributed by atoms with E-state index < -0.39 is 12.1 Å². The second kappa shape index (κ2) is 11.1. The number of ether oxygens (including phenoxy) is 2. The first-order valence-corrected chi connectivity index (χ1v) is 10.3. The van der Waals surface area contributed by atoms with Crippen LogP contribution in [0.25, 0.3) is 0 Å². The summed E-state index contributed by atoms with van der Waals surface area (Å²) in [6, 6.07) is 16.8. The zero-order valence-electron chi connectivity index (χ0n) is 17.0. The number of benzene rings is 2. The summed E-state index contributed by atoms with van der Waals surface area (Å²) < 4.78 is 9.97. The number of esters is 1. The van der Waals surface area contributed by atoms with Crippen LogP contribution in [-0.2, 0) is 20.9 Å². The molecule has 2 aromatic rings. The highest BCUT2D eigenvalue weighted by molar-refractivity contribution is 5.98. The van der Waals surface area contributed by atoms with Gasteiger partial charge >= 0.3 is 12.1 Å². The van der Waals surface area contributed by atoms with E-state index in [1.165, 1.54) is 37.7 Å². The summed E-state index contributed by atoms with van der Waals surface area (Å²) in [4.78, 5) is 35.7. The maximum atomic E-state index is 12.2. The molecule has 1 fully saturated rings. The predicted octanol–water partition coefficient (Wildman–Crippen LogP) is 4.39. The van der Waals surface area contributed by atoms with E-state index in [0.717, 1.165) is 5.56 Å². The lowest BCUT2D eigenvalue weighted by molar-refractivity contribution is -0.141. The van der Waals surface area contributed by atoms with Crippen molar-refractivity contribution in [1.29, 1.82) is 0 Å². The van der Waals surface area contributed by atoms with Crippen LogP contribution >= 0.6 is 0 Å². The van der Waals surface area contributed by atoms with Gasteiger partial charge in [-0.2, -0.15) is 0 Å². The van der Waals surface area contributed by atoms with E-state index >= 15 is 0 Å². The number of amides is 1. The maximum Gasteiger partial charge on any atom is 0.407 e. The Bertz CT molecular complexity index is 842.